The summed E-state index contributed by atoms with van der Waals surface area (Å²) in [6.45, 7) is 3.62. The lowest BCUT2D eigenvalue weighted by atomic mass is 10.2. The van der Waals surface area contributed by atoms with Gasteiger partial charge in [-0.3, -0.25) is 4.79 Å². The molecule has 0 fully saturated rings. The fourth-order valence-electron chi connectivity index (χ4n) is 2.80. The molecule has 0 saturated carbocycles. The third kappa shape index (κ3) is 3.54. The molecule has 1 N–H and O–H groups in total. The third-order valence-corrected chi connectivity index (χ3v) is 3.93. The molecule has 126 valence electrons. The maximum atomic E-state index is 11.6. The molecule has 0 amide bonds. The molecule has 0 aliphatic carbocycles. The number of pyridine rings is 1. The van der Waals surface area contributed by atoms with Crippen molar-refractivity contribution in [1.82, 2.24) is 4.57 Å². The summed E-state index contributed by atoms with van der Waals surface area (Å²) in [6, 6.07) is 17.6. The Morgan fingerprint density at radius 1 is 1.12 bits per heavy atom. The lowest BCUT2D eigenvalue weighted by Crippen LogP contribution is -2.18. The Balaban J connectivity index is 0.000000195. The van der Waals surface area contributed by atoms with E-state index in [-0.39, 0.29) is 18.0 Å². The minimum Gasteiger partial charge on any atom is -0.495 e. The molecule has 2 heterocycles. The van der Waals surface area contributed by atoms with Crippen molar-refractivity contribution in [3.05, 3.63) is 70.5 Å². The van der Waals surface area contributed by atoms with Crippen LogP contribution < -0.4 is 15.6 Å². The summed E-state index contributed by atoms with van der Waals surface area (Å²) in [5, 5.41) is 4.25. The number of hydrogen-bond acceptors (Lipinski definition) is 3. The number of methoxy groups -OCH3 is 1. The number of benzene rings is 2. The van der Waals surface area contributed by atoms with Crippen LogP contribution in [0.15, 0.2) is 59.4 Å². The summed E-state index contributed by atoms with van der Waals surface area (Å²) in [6.07, 6.45) is 0. The van der Waals surface area contributed by atoms with Gasteiger partial charge in [-0.25, -0.2) is 0 Å². The molecule has 2 bridgehead atoms. The molecule has 0 saturated heterocycles. The van der Waals surface area contributed by atoms with Crippen molar-refractivity contribution in [3.63, 3.8) is 0 Å². The van der Waals surface area contributed by atoms with E-state index in [1.807, 2.05) is 31.2 Å². The highest BCUT2D eigenvalue weighted by atomic mass is 35.5. The average molecular weight is 345 g/mol. The van der Waals surface area contributed by atoms with Crippen LogP contribution in [0.25, 0.3) is 10.9 Å². The third-order valence-electron chi connectivity index (χ3n) is 3.93. The Labute approximate surface area is 147 Å². The number of nitrogens with one attached hydrogen (secondary N) is 1. The van der Waals surface area contributed by atoms with Gasteiger partial charge in [0.05, 0.1) is 12.6 Å². The van der Waals surface area contributed by atoms with Crippen molar-refractivity contribution in [1.29, 1.82) is 0 Å². The van der Waals surface area contributed by atoms with Crippen molar-refractivity contribution in [2.75, 3.05) is 12.4 Å². The molecular formula is C19H21ClN2O2. The first kappa shape index (κ1) is 17.9. The van der Waals surface area contributed by atoms with Gasteiger partial charge in [0.2, 0.25) is 0 Å². The zero-order valence-corrected chi connectivity index (χ0v) is 14.6. The molecule has 0 spiro atoms. The number of halogens is 1. The average Bonchev–Trinajstić information content (AvgIpc) is 2.92. The van der Waals surface area contributed by atoms with Crippen LogP contribution in [0.4, 0.5) is 5.69 Å². The fourth-order valence-corrected chi connectivity index (χ4v) is 2.80. The van der Waals surface area contributed by atoms with Gasteiger partial charge in [-0.05, 0) is 36.8 Å². The number of nitrogens with zero attached hydrogens (tertiary/aromatic N) is 1. The number of fused-ring (bicyclic) bond motifs is 3. The van der Waals surface area contributed by atoms with Gasteiger partial charge in [0.1, 0.15) is 5.75 Å². The van der Waals surface area contributed by atoms with Crippen molar-refractivity contribution in [2.24, 2.45) is 0 Å². The van der Waals surface area contributed by atoms with E-state index < -0.39 is 0 Å². The number of ether oxygens (including phenoxy) is 1. The van der Waals surface area contributed by atoms with Gasteiger partial charge in [-0.1, -0.05) is 24.3 Å². The smallest absolute Gasteiger partial charge is 0.251 e. The molecule has 2 aromatic carbocycles. The first-order valence-corrected chi connectivity index (χ1v) is 7.72. The fraction of sp³-hybridized carbons (Fsp3) is 0.211. The molecule has 0 atom stereocenters. The molecular weight excluding hydrogens is 324 g/mol. The van der Waals surface area contributed by atoms with Crippen molar-refractivity contribution in [3.8, 4) is 5.75 Å². The summed E-state index contributed by atoms with van der Waals surface area (Å²) < 4.78 is 6.98. The van der Waals surface area contributed by atoms with Crippen LogP contribution in [0.5, 0.6) is 5.75 Å². The van der Waals surface area contributed by atoms with E-state index in [0.29, 0.717) is 6.54 Å². The van der Waals surface area contributed by atoms with Gasteiger partial charge in [0, 0.05) is 30.2 Å². The standard InChI is InChI=1S/C12H13NO2.C7H7N.ClH/c1-3-13-11(14)8-7-9-5-4-6-10(15-2)12(9)13;1-2-6-4-7(3-1)8-5-6;/h4-8H,3H2,1-2H3;1-4,8H,5H2;1H. The number of hydrogen-bond donors (Lipinski definition) is 1. The maximum Gasteiger partial charge on any atom is 0.251 e. The maximum absolute atomic E-state index is 11.6. The van der Waals surface area contributed by atoms with Crippen molar-refractivity contribution < 1.29 is 4.74 Å². The zero-order valence-electron chi connectivity index (χ0n) is 13.8. The van der Waals surface area contributed by atoms with Crippen LogP contribution in [-0.2, 0) is 13.1 Å². The van der Waals surface area contributed by atoms with E-state index in [2.05, 4.69) is 29.6 Å². The highest BCUT2D eigenvalue weighted by Crippen LogP contribution is 2.23. The topological polar surface area (TPSA) is 43.3 Å². The van der Waals surface area contributed by atoms with Gasteiger partial charge in [0.25, 0.3) is 5.56 Å². The summed E-state index contributed by atoms with van der Waals surface area (Å²) in [4.78, 5) is 11.6. The second-order valence-electron chi connectivity index (χ2n) is 5.37. The lowest BCUT2D eigenvalue weighted by Gasteiger charge is -2.10. The predicted molar refractivity (Wildman–Crippen MR) is 101 cm³/mol. The van der Waals surface area contributed by atoms with Gasteiger partial charge in [0.15, 0.2) is 0 Å². The summed E-state index contributed by atoms with van der Waals surface area (Å²) in [7, 11) is 1.62. The van der Waals surface area contributed by atoms with E-state index in [9.17, 15) is 4.79 Å². The molecule has 1 aliphatic heterocycles. The Hall–Kier alpha value is -2.46. The van der Waals surface area contributed by atoms with Gasteiger partial charge < -0.3 is 14.6 Å². The van der Waals surface area contributed by atoms with Crippen LogP contribution in [0.3, 0.4) is 0 Å². The summed E-state index contributed by atoms with van der Waals surface area (Å²) in [5.41, 5.74) is 3.52. The highest BCUT2D eigenvalue weighted by molar-refractivity contribution is 5.85. The van der Waals surface area contributed by atoms with E-state index >= 15 is 0 Å². The van der Waals surface area contributed by atoms with Gasteiger partial charge >= 0.3 is 0 Å². The minimum atomic E-state index is 0. The summed E-state index contributed by atoms with van der Waals surface area (Å²) in [5.74, 6) is 0.743. The first-order chi connectivity index (χ1) is 11.2. The molecule has 1 aromatic heterocycles. The largest absolute Gasteiger partial charge is 0.495 e. The Morgan fingerprint density at radius 2 is 1.92 bits per heavy atom. The van der Waals surface area contributed by atoms with E-state index in [1.54, 1.807) is 17.7 Å². The number of aromatic nitrogens is 1. The molecule has 4 nitrogen and oxygen atoms in total. The molecule has 1 aliphatic rings. The van der Waals surface area contributed by atoms with E-state index in [1.165, 1.54) is 11.3 Å². The number of rotatable bonds is 2. The normalized spacial score (nSPS) is 11.1. The Morgan fingerprint density at radius 3 is 2.58 bits per heavy atom. The zero-order chi connectivity index (χ0) is 16.2. The van der Waals surface area contributed by atoms with E-state index in [4.69, 9.17) is 4.74 Å². The second-order valence-corrected chi connectivity index (χ2v) is 5.37. The van der Waals surface area contributed by atoms with Crippen LogP contribution in [0.1, 0.15) is 12.5 Å². The molecule has 24 heavy (non-hydrogen) atoms. The molecule has 3 aromatic rings. The predicted octanol–water partition coefficient (Wildman–Crippen LogP) is 4.06. The molecule has 0 unspecified atom stereocenters. The lowest BCUT2D eigenvalue weighted by molar-refractivity contribution is 0.417. The van der Waals surface area contributed by atoms with Gasteiger partial charge in [-0.15, -0.1) is 12.4 Å². The first-order valence-electron chi connectivity index (χ1n) is 7.72. The number of anilines is 1. The minimum absolute atomic E-state index is 0. The van der Waals surface area contributed by atoms with Crippen LogP contribution in [-0.4, -0.2) is 11.7 Å². The van der Waals surface area contributed by atoms with Crippen molar-refractivity contribution >= 4 is 29.0 Å². The van der Waals surface area contributed by atoms with Crippen LogP contribution >= 0.6 is 12.4 Å². The van der Waals surface area contributed by atoms with Crippen LogP contribution in [0, 0.1) is 0 Å². The van der Waals surface area contributed by atoms with Crippen LogP contribution in [0.2, 0.25) is 0 Å². The summed E-state index contributed by atoms with van der Waals surface area (Å²) >= 11 is 0. The SMILES string of the molecule is CCn1c(=O)ccc2cccc(OC)c21.Cl.c1cc2cc(c1)NC2. The molecule has 4 rings (SSSR count). The number of aryl methyl sites for hydroxylation is 1. The van der Waals surface area contributed by atoms with Gasteiger partial charge in [-0.2, -0.15) is 0 Å². The Bertz CT molecular complexity index is 871. The van der Waals surface area contributed by atoms with Crippen molar-refractivity contribution in [2.45, 2.75) is 20.0 Å². The highest BCUT2D eigenvalue weighted by Gasteiger charge is 2.06. The quantitative estimate of drug-likeness (QED) is 0.762. The molecule has 0 radical (unpaired) electrons. The second kappa shape index (κ2) is 7.88. The number of para-hydroxylation sites is 1. The Kier molecular flexibility index (Phi) is 5.88. The van der Waals surface area contributed by atoms with E-state index in [0.717, 1.165) is 23.2 Å². The molecule has 5 heteroatoms. The monoisotopic (exact) mass is 344 g/mol.